The first kappa shape index (κ1) is 15.7. The third-order valence-electron chi connectivity index (χ3n) is 3.97. The van der Waals surface area contributed by atoms with Gasteiger partial charge < -0.3 is 14.6 Å². The Kier molecular flexibility index (Phi) is 4.47. The number of likely N-dealkylation sites (tertiary alicyclic amines) is 1. The lowest BCUT2D eigenvalue weighted by atomic mass is 10.1. The molecule has 2 heterocycles. The van der Waals surface area contributed by atoms with Crippen LogP contribution >= 0.6 is 15.9 Å². The second kappa shape index (κ2) is 6.54. The Hall–Kier alpha value is -2.15. The monoisotopic (exact) mass is 377 g/mol. The molecule has 1 aromatic heterocycles. The van der Waals surface area contributed by atoms with Gasteiger partial charge in [-0.25, -0.2) is 4.98 Å². The van der Waals surface area contributed by atoms with Gasteiger partial charge in [0, 0.05) is 28.9 Å². The molecule has 2 aromatic rings. The van der Waals surface area contributed by atoms with Gasteiger partial charge in [0.15, 0.2) is 0 Å². The molecule has 0 aliphatic carbocycles. The lowest BCUT2D eigenvalue weighted by molar-refractivity contribution is -0.137. The Morgan fingerprint density at radius 2 is 2.04 bits per heavy atom. The average molecular weight is 378 g/mol. The molecule has 0 radical (unpaired) electrons. The van der Waals surface area contributed by atoms with E-state index in [4.69, 9.17) is 5.11 Å². The van der Waals surface area contributed by atoms with Crippen LogP contribution in [-0.2, 0) is 4.79 Å². The zero-order valence-electron chi connectivity index (χ0n) is 12.4. The summed E-state index contributed by atoms with van der Waals surface area (Å²) in [5.41, 5.74) is 1.24. The normalized spacial score (nSPS) is 17.4. The molecule has 0 saturated carbocycles. The fourth-order valence-corrected chi connectivity index (χ4v) is 3.12. The second-order valence-electron chi connectivity index (χ2n) is 5.54. The van der Waals surface area contributed by atoms with E-state index in [2.05, 4.69) is 20.9 Å². The fourth-order valence-electron chi connectivity index (χ4n) is 2.85. The first-order valence-corrected chi connectivity index (χ1v) is 8.16. The molecule has 1 atom stereocenters. The number of amides is 1. The third kappa shape index (κ3) is 3.44. The lowest BCUT2D eigenvalue weighted by Crippen LogP contribution is -2.37. The van der Waals surface area contributed by atoms with Crippen LogP contribution in [0.25, 0.3) is 5.69 Å². The van der Waals surface area contributed by atoms with Crippen LogP contribution in [0.4, 0.5) is 0 Å². The summed E-state index contributed by atoms with van der Waals surface area (Å²) >= 11 is 3.38. The number of carbonyl (C=O) groups is 2. The zero-order valence-corrected chi connectivity index (χ0v) is 13.9. The zero-order chi connectivity index (χ0) is 16.4. The first-order chi connectivity index (χ1) is 11.0. The molecule has 0 spiro atoms. The molecular formula is C16H16BrN3O3. The van der Waals surface area contributed by atoms with Crippen LogP contribution in [0.15, 0.2) is 41.3 Å². The van der Waals surface area contributed by atoms with Gasteiger partial charge >= 0.3 is 5.97 Å². The average Bonchev–Trinajstić information content (AvgIpc) is 3.16. The van der Waals surface area contributed by atoms with Crippen molar-refractivity contribution in [1.82, 2.24) is 14.5 Å². The van der Waals surface area contributed by atoms with Gasteiger partial charge in [0.05, 0.1) is 6.42 Å². The highest BCUT2D eigenvalue weighted by atomic mass is 79.9. The summed E-state index contributed by atoms with van der Waals surface area (Å²) in [5, 5.41) is 8.96. The van der Waals surface area contributed by atoms with E-state index in [-0.39, 0.29) is 18.4 Å². The van der Waals surface area contributed by atoms with E-state index in [1.54, 1.807) is 22.0 Å². The Morgan fingerprint density at radius 3 is 2.74 bits per heavy atom. The van der Waals surface area contributed by atoms with Crippen molar-refractivity contribution >= 4 is 27.8 Å². The lowest BCUT2D eigenvalue weighted by Gasteiger charge is -2.22. The number of nitrogens with zero attached hydrogens (tertiary/aromatic N) is 3. The molecule has 1 saturated heterocycles. The van der Waals surface area contributed by atoms with Crippen LogP contribution in [0.3, 0.4) is 0 Å². The number of aromatic nitrogens is 2. The van der Waals surface area contributed by atoms with Gasteiger partial charge in [0.1, 0.15) is 12.0 Å². The highest BCUT2D eigenvalue weighted by Crippen LogP contribution is 2.22. The molecule has 1 aliphatic rings. The highest BCUT2D eigenvalue weighted by molar-refractivity contribution is 9.10. The number of carbonyl (C=O) groups excluding carboxylic acids is 1. The highest BCUT2D eigenvalue weighted by Gasteiger charge is 2.31. The quantitative estimate of drug-likeness (QED) is 0.888. The van der Waals surface area contributed by atoms with Crippen LogP contribution in [0, 0.1) is 0 Å². The van der Waals surface area contributed by atoms with E-state index >= 15 is 0 Å². The van der Waals surface area contributed by atoms with E-state index < -0.39 is 5.97 Å². The largest absolute Gasteiger partial charge is 0.481 e. The van der Waals surface area contributed by atoms with Crippen LogP contribution in [0.2, 0.25) is 0 Å². The van der Waals surface area contributed by atoms with Crippen LogP contribution < -0.4 is 0 Å². The van der Waals surface area contributed by atoms with E-state index in [1.807, 2.05) is 24.3 Å². The van der Waals surface area contributed by atoms with Crippen LogP contribution in [-0.4, -0.2) is 44.0 Å². The smallest absolute Gasteiger partial charge is 0.305 e. The van der Waals surface area contributed by atoms with Crippen molar-refractivity contribution in [2.45, 2.75) is 25.3 Å². The Bertz CT molecular complexity index is 726. The molecular weight excluding hydrogens is 362 g/mol. The van der Waals surface area contributed by atoms with Crippen molar-refractivity contribution in [3.8, 4) is 5.69 Å². The minimum atomic E-state index is -0.880. The molecule has 1 unspecified atom stereocenters. The molecule has 3 rings (SSSR count). The maximum Gasteiger partial charge on any atom is 0.305 e. The molecule has 1 aliphatic heterocycles. The molecule has 1 aromatic carbocycles. The van der Waals surface area contributed by atoms with E-state index in [1.165, 1.54) is 0 Å². The molecule has 120 valence electrons. The van der Waals surface area contributed by atoms with Gasteiger partial charge in [-0.1, -0.05) is 15.9 Å². The predicted molar refractivity (Wildman–Crippen MR) is 87.6 cm³/mol. The van der Waals surface area contributed by atoms with Crippen molar-refractivity contribution in [3.05, 3.63) is 47.0 Å². The Balaban J connectivity index is 1.78. The van der Waals surface area contributed by atoms with Crippen molar-refractivity contribution in [1.29, 1.82) is 0 Å². The third-order valence-corrected chi connectivity index (χ3v) is 4.50. The summed E-state index contributed by atoms with van der Waals surface area (Å²) in [6.07, 6.45) is 4.82. The summed E-state index contributed by atoms with van der Waals surface area (Å²) in [7, 11) is 0. The molecule has 1 N–H and O–H groups in total. The first-order valence-electron chi connectivity index (χ1n) is 7.37. The number of carboxylic acids is 1. The topological polar surface area (TPSA) is 75.4 Å². The minimum Gasteiger partial charge on any atom is -0.481 e. The molecule has 0 bridgehead atoms. The predicted octanol–water partition coefficient (Wildman–Crippen LogP) is 2.71. The number of hydrogen-bond donors (Lipinski definition) is 1. The number of hydrogen-bond acceptors (Lipinski definition) is 3. The van der Waals surface area contributed by atoms with E-state index in [0.717, 1.165) is 23.0 Å². The standard InChI is InChI=1S/C16H16BrN3O3/c17-11-3-5-12(6-4-11)19-9-14(18-10-19)16(23)20-7-1-2-13(20)8-15(21)22/h3-6,9-10,13H,1-2,7-8H2,(H,21,22). The number of halogens is 1. The SMILES string of the molecule is O=C(O)CC1CCCN1C(=O)c1cn(-c2ccc(Br)cc2)cn1. The summed E-state index contributed by atoms with van der Waals surface area (Å²) in [5.74, 6) is -1.08. The Labute approximate surface area is 141 Å². The number of imidazole rings is 1. The minimum absolute atomic E-state index is 0.0147. The molecule has 7 heteroatoms. The number of carboxylic acid groups (broad SMARTS) is 1. The maximum absolute atomic E-state index is 12.6. The summed E-state index contributed by atoms with van der Waals surface area (Å²) in [4.78, 5) is 29.3. The Morgan fingerprint density at radius 1 is 1.30 bits per heavy atom. The van der Waals surface area contributed by atoms with Gasteiger partial charge in [-0.05, 0) is 37.1 Å². The number of benzene rings is 1. The van der Waals surface area contributed by atoms with E-state index in [9.17, 15) is 9.59 Å². The van der Waals surface area contributed by atoms with Gasteiger partial charge in [-0.15, -0.1) is 0 Å². The molecule has 6 nitrogen and oxygen atoms in total. The summed E-state index contributed by atoms with van der Waals surface area (Å²) in [6, 6.07) is 7.44. The second-order valence-corrected chi connectivity index (χ2v) is 6.45. The maximum atomic E-state index is 12.6. The summed E-state index contributed by atoms with van der Waals surface area (Å²) in [6.45, 7) is 0.585. The van der Waals surface area contributed by atoms with Crippen LogP contribution in [0.5, 0.6) is 0 Å². The van der Waals surface area contributed by atoms with Gasteiger partial charge in [0.25, 0.3) is 5.91 Å². The molecule has 1 fully saturated rings. The van der Waals surface area contributed by atoms with Crippen molar-refractivity contribution in [3.63, 3.8) is 0 Å². The van der Waals surface area contributed by atoms with Crippen molar-refractivity contribution < 1.29 is 14.7 Å². The summed E-state index contributed by atoms with van der Waals surface area (Å²) < 4.78 is 2.76. The number of rotatable bonds is 4. The van der Waals surface area contributed by atoms with E-state index in [0.29, 0.717) is 12.2 Å². The van der Waals surface area contributed by atoms with Crippen molar-refractivity contribution in [2.24, 2.45) is 0 Å². The van der Waals surface area contributed by atoms with Gasteiger partial charge in [-0.3, -0.25) is 9.59 Å². The van der Waals surface area contributed by atoms with Gasteiger partial charge in [0.2, 0.25) is 0 Å². The number of aliphatic carboxylic acids is 1. The molecule has 23 heavy (non-hydrogen) atoms. The van der Waals surface area contributed by atoms with Crippen LogP contribution in [0.1, 0.15) is 29.8 Å². The molecule has 1 amide bonds. The van der Waals surface area contributed by atoms with Gasteiger partial charge in [-0.2, -0.15) is 0 Å². The fraction of sp³-hybridized carbons (Fsp3) is 0.312. The van der Waals surface area contributed by atoms with Crippen molar-refractivity contribution in [2.75, 3.05) is 6.54 Å².